The Morgan fingerprint density at radius 3 is 2.62 bits per heavy atom. The maximum Gasteiger partial charge on any atom is 0.238 e. The number of hydrogen-bond acceptors (Lipinski definition) is 2. The summed E-state index contributed by atoms with van der Waals surface area (Å²) in [5.74, 6) is -2.96. The summed E-state index contributed by atoms with van der Waals surface area (Å²) in [4.78, 5) is 11.0. The topological polar surface area (TPSA) is 52.9 Å². The molecule has 1 N–H and O–H groups in total. The molecule has 0 aliphatic heterocycles. The van der Waals surface area contributed by atoms with E-state index in [0.717, 1.165) is 6.07 Å². The van der Waals surface area contributed by atoms with Crippen LogP contribution < -0.4 is 5.32 Å². The highest BCUT2D eigenvalue weighted by molar-refractivity contribution is 6.35. The number of carbonyl (C=O) groups excluding carboxylic acids is 1. The quantitative estimate of drug-likeness (QED) is 0.659. The van der Waals surface area contributed by atoms with E-state index < -0.39 is 34.0 Å². The minimum atomic E-state index is -1.13. The molecule has 0 spiro atoms. The second-order valence-electron chi connectivity index (χ2n) is 2.73. The molecule has 1 rings (SSSR count). The fourth-order valence-corrected chi connectivity index (χ4v) is 1.39. The third-order valence-electron chi connectivity index (χ3n) is 1.62. The Kier molecular flexibility index (Phi) is 4.05. The maximum absolute atomic E-state index is 13.3. The molecule has 0 atom stereocenters. The molecule has 0 radical (unpaired) electrons. The van der Waals surface area contributed by atoms with Gasteiger partial charge in [-0.15, -0.1) is 0 Å². The van der Waals surface area contributed by atoms with Crippen LogP contribution in [0, 0.1) is 23.0 Å². The van der Waals surface area contributed by atoms with Crippen molar-refractivity contribution in [3.05, 3.63) is 27.7 Å². The van der Waals surface area contributed by atoms with Crippen molar-refractivity contribution in [2.45, 2.75) is 6.42 Å². The average Bonchev–Trinajstić information content (AvgIpc) is 2.23. The summed E-state index contributed by atoms with van der Waals surface area (Å²) in [5.41, 5.74) is -0.364. The second kappa shape index (κ2) is 5.10. The Balaban J connectivity index is 3.07. The summed E-state index contributed by atoms with van der Waals surface area (Å²) in [5, 5.41) is 9.04. The van der Waals surface area contributed by atoms with Crippen molar-refractivity contribution >= 4 is 34.8 Å². The van der Waals surface area contributed by atoms with Gasteiger partial charge in [0.1, 0.15) is 11.4 Å². The molecular weight excluding hydrogens is 261 g/mol. The molecule has 0 saturated heterocycles. The molecular formula is C9H4Cl2F2N2O. The molecule has 0 aliphatic carbocycles. The molecule has 7 heteroatoms. The predicted molar refractivity (Wildman–Crippen MR) is 55.2 cm³/mol. The summed E-state index contributed by atoms with van der Waals surface area (Å²) in [6.07, 6.45) is -0.452. The molecule has 0 bridgehead atoms. The van der Waals surface area contributed by atoms with Crippen LogP contribution in [-0.2, 0) is 4.79 Å². The first-order valence-electron chi connectivity index (χ1n) is 3.97. The summed E-state index contributed by atoms with van der Waals surface area (Å²) < 4.78 is 26.3. The fraction of sp³-hybridized carbons (Fsp3) is 0.111. The van der Waals surface area contributed by atoms with Crippen LogP contribution in [0.4, 0.5) is 14.5 Å². The number of amides is 1. The van der Waals surface area contributed by atoms with E-state index in [1.54, 1.807) is 6.07 Å². The minimum absolute atomic E-state index is 0.364. The van der Waals surface area contributed by atoms with Crippen LogP contribution in [0.1, 0.15) is 6.42 Å². The van der Waals surface area contributed by atoms with Crippen molar-refractivity contribution in [3.63, 3.8) is 0 Å². The monoisotopic (exact) mass is 264 g/mol. The number of anilines is 1. The molecule has 0 aliphatic rings. The first-order valence-corrected chi connectivity index (χ1v) is 4.72. The molecule has 84 valence electrons. The molecule has 1 aromatic carbocycles. The number of nitriles is 1. The van der Waals surface area contributed by atoms with E-state index in [-0.39, 0.29) is 5.69 Å². The Labute approximate surface area is 99.6 Å². The molecule has 0 aromatic heterocycles. The van der Waals surface area contributed by atoms with Gasteiger partial charge in [0.15, 0.2) is 11.6 Å². The van der Waals surface area contributed by atoms with E-state index in [9.17, 15) is 13.6 Å². The zero-order valence-electron chi connectivity index (χ0n) is 7.65. The van der Waals surface area contributed by atoms with Crippen LogP contribution in [0.2, 0.25) is 10.0 Å². The number of nitrogens with one attached hydrogen (secondary N) is 1. The Bertz CT molecular complexity index is 485. The molecule has 1 amide bonds. The van der Waals surface area contributed by atoms with Gasteiger partial charge in [-0.05, 0) is 6.07 Å². The lowest BCUT2D eigenvalue weighted by Crippen LogP contribution is -2.12. The van der Waals surface area contributed by atoms with Crippen LogP contribution in [-0.4, -0.2) is 5.91 Å². The van der Waals surface area contributed by atoms with Crippen LogP contribution in [0.5, 0.6) is 0 Å². The predicted octanol–water partition coefficient (Wildman–Crippen LogP) is 3.12. The summed E-state index contributed by atoms with van der Waals surface area (Å²) >= 11 is 10.7. The number of hydrogen-bond donors (Lipinski definition) is 1. The third-order valence-corrected chi connectivity index (χ3v) is 2.22. The van der Waals surface area contributed by atoms with Gasteiger partial charge in [-0.3, -0.25) is 4.79 Å². The van der Waals surface area contributed by atoms with Gasteiger partial charge in [-0.25, -0.2) is 8.78 Å². The normalized spacial score (nSPS) is 9.69. The van der Waals surface area contributed by atoms with Crippen molar-refractivity contribution in [1.29, 1.82) is 5.26 Å². The highest BCUT2D eigenvalue weighted by Crippen LogP contribution is 2.31. The van der Waals surface area contributed by atoms with Crippen molar-refractivity contribution in [1.82, 2.24) is 0 Å². The lowest BCUT2D eigenvalue weighted by Gasteiger charge is -2.07. The average molecular weight is 265 g/mol. The van der Waals surface area contributed by atoms with Crippen LogP contribution >= 0.6 is 23.2 Å². The standard InChI is InChI=1S/C9H4Cl2F2N2O/c10-4-3-5(15-6(16)1-2-14)9(13)7(11)8(4)12/h3H,1H2,(H,15,16). The van der Waals surface area contributed by atoms with E-state index in [1.165, 1.54) is 0 Å². The number of carbonyl (C=O) groups is 1. The van der Waals surface area contributed by atoms with E-state index >= 15 is 0 Å². The number of nitrogens with zero attached hydrogens (tertiary/aromatic N) is 1. The van der Waals surface area contributed by atoms with Gasteiger partial charge in [0.25, 0.3) is 0 Å². The van der Waals surface area contributed by atoms with E-state index in [4.69, 9.17) is 28.5 Å². The molecule has 0 saturated carbocycles. The van der Waals surface area contributed by atoms with Crippen LogP contribution in [0.15, 0.2) is 6.07 Å². The van der Waals surface area contributed by atoms with Gasteiger partial charge >= 0.3 is 0 Å². The third kappa shape index (κ3) is 2.60. The lowest BCUT2D eigenvalue weighted by molar-refractivity contribution is -0.115. The van der Waals surface area contributed by atoms with Gasteiger partial charge in [-0.2, -0.15) is 5.26 Å². The van der Waals surface area contributed by atoms with Crippen LogP contribution in [0.3, 0.4) is 0 Å². The molecule has 1 aromatic rings. The van der Waals surface area contributed by atoms with Crippen molar-refractivity contribution < 1.29 is 13.6 Å². The smallest absolute Gasteiger partial charge is 0.238 e. The Hall–Kier alpha value is -1.38. The highest BCUT2D eigenvalue weighted by Gasteiger charge is 2.17. The Morgan fingerprint density at radius 2 is 2.06 bits per heavy atom. The zero-order chi connectivity index (χ0) is 12.3. The summed E-state index contributed by atoms with van der Waals surface area (Å²) in [7, 11) is 0. The van der Waals surface area contributed by atoms with E-state index in [0.29, 0.717) is 0 Å². The van der Waals surface area contributed by atoms with E-state index in [1.807, 2.05) is 5.32 Å². The summed E-state index contributed by atoms with van der Waals surface area (Å²) in [6, 6.07) is 2.46. The number of benzene rings is 1. The SMILES string of the molecule is N#CCC(=O)Nc1cc(Cl)c(F)c(Cl)c1F. The minimum Gasteiger partial charge on any atom is -0.323 e. The van der Waals surface area contributed by atoms with Gasteiger partial charge in [0.05, 0.1) is 16.8 Å². The largest absolute Gasteiger partial charge is 0.323 e. The summed E-state index contributed by atoms with van der Waals surface area (Å²) in [6.45, 7) is 0. The van der Waals surface area contributed by atoms with Gasteiger partial charge in [0.2, 0.25) is 5.91 Å². The molecule has 0 unspecified atom stereocenters. The van der Waals surface area contributed by atoms with Gasteiger partial charge in [0, 0.05) is 0 Å². The zero-order valence-corrected chi connectivity index (χ0v) is 9.16. The van der Waals surface area contributed by atoms with Crippen molar-refractivity contribution in [2.75, 3.05) is 5.32 Å². The molecule has 0 fully saturated rings. The van der Waals surface area contributed by atoms with Crippen LogP contribution in [0.25, 0.3) is 0 Å². The van der Waals surface area contributed by atoms with Gasteiger partial charge in [-0.1, -0.05) is 23.2 Å². The lowest BCUT2D eigenvalue weighted by atomic mass is 10.2. The molecule has 3 nitrogen and oxygen atoms in total. The fourth-order valence-electron chi connectivity index (χ4n) is 0.930. The molecule has 0 heterocycles. The van der Waals surface area contributed by atoms with E-state index in [2.05, 4.69) is 0 Å². The number of halogens is 4. The Morgan fingerprint density at radius 1 is 1.44 bits per heavy atom. The number of rotatable bonds is 2. The van der Waals surface area contributed by atoms with Gasteiger partial charge < -0.3 is 5.32 Å². The second-order valence-corrected chi connectivity index (χ2v) is 3.52. The first-order chi connectivity index (χ1) is 7.47. The van der Waals surface area contributed by atoms with Crippen molar-refractivity contribution in [2.24, 2.45) is 0 Å². The maximum atomic E-state index is 13.3. The molecule has 16 heavy (non-hydrogen) atoms. The first kappa shape index (κ1) is 12.7. The van der Waals surface area contributed by atoms with Crippen molar-refractivity contribution in [3.8, 4) is 6.07 Å². The highest BCUT2D eigenvalue weighted by atomic mass is 35.5.